The molecule has 0 N–H and O–H groups in total. The zero-order chi connectivity index (χ0) is 10.4. The summed E-state index contributed by atoms with van der Waals surface area (Å²) < 4.78 is 5.38. The van der Waals surface area contributed by atoms with Gasteiger partial charge >= 0.3 is 5.97 Å². The van der Waals surface area contributed by atoms with E-state index in [9.17, 15) is 4.79 Å². The summed E-state index contributed by atoms with van der Waals surface area (Å²) in [5, 5.41) is 0. The van der Waals surface area contributed by atoms with Gasteiger partial charge in [-0.2, -0.15) is 0 Å². The van der Waals surface area contributed by atoms with Crippen LogP contribution in [0.15, 0.2) is 0 Å². The van der Waals surface area contributed by atoms with Gasteiger partial charge in [0.2, 0.25) is 0 Å². The molecule has 0 aromatic heterocycles. The zero-order valence-electron chi connectivity index (χ0n) is 8.80. The monoisotopic (exact) mass is 262 g/mol. The van der Waals surface area contributed by atoms with Gasteiger partial charge in [0.1, 0.15) is 6.10 Å². The molecule has 0 spiro atoms. The van der Waals surface area contributed by atoms with Gasteiger partial charge in [-0.05, 0) is 32.1 Å². The number of ether oxygens (including phenoxy) is 1. The first-order valence-electron chi connectivity index (χ1n) is 5.52. The zero-order valence-corrected chi connectivity index (χ0v) is 10.4. The Hall–Kier alpha value is -0.0500. The van der Waals surface area contributed by atoms with Gasteiger partial charge in [0.05, 0.1) is 0 Å². The number of esters is 1. The van der Waals surface area contributed by atoms with Gasteiger partial charge in [-0.1, -0.05) is 29.3 Å². The largest absolute Gasteiger partial charge is 0.462 e. The van der Waals surface area contributed by atoms with E-state index < -0.39 is 0 Å². The lowest BCUT2D eigenvalue weighted by Crippen LogP contribution is -2.21. The maximum atomic E-state index is 11.4. The smallest absolute Gasteiger partial charge is 0.306 e. The Kier molecular flexibility index (Phi) is 5.53. The van der Waals surface area contributed by atoms with Crippen LogP contribution in [0.3, 0.4) is 0 Å². The van der Waals surface area contributed by atoms with Crippen LogP contribution < -0.4 is 0 Å². The van der Waals surface area contributed by atoms with Crippen LogP contribution in [0.5, 0.6) is 0 Å². The molecule has 82 valence electrons. The van der Waals surface area contributed by atoms with E-state index >= 15 is 0 Å². The van der Waals surface area contributed by atoms with Crippen molar-refractivity contribution in [2.24, 2.45) is 0 Å². The van der Waals surface area contributed by atoms with Crippen LogP contribution >= 0.6 is 15.9 Å². The minimum Gasteiger partial charge on any atom is -0.462 e. The first-order valence-corrected chi connectivity index (χ1v) is 6.43. The van der Waals surface area contributed by atoms with Crippen LogP contribution in [0.4, 0.5) is 0 Å². The predicted molar refractivity (Wildman–Crippen MR) is 60.6 cm³/mol. The van der Waals surface area contributed by atoms with Crippen molar-refractivity contribution in [2.75, 3.05) is 0 Å². The minimum absolute atomic E-state index is 0.0248. The second kappa shape index (κ2) is 6.44. The van der Waals surface area contributed by atoms with Crippen LogP contribution in [0.2, 0.25) is 0 Å². The van der Waals surface area contributed by atoms with Crippen molar-refractivity contribution in [1.29, 1.82) is 0 Å². The number of rotatable bonds is 4. The highest BCUT2D eigenvalue weighted by Gasteiger charge is 2.17. The van der Waals surface area contributed by atoms with Gasteiger partial charge in [0, 0.05) is 11.2 Å². The van der Waals surface area contributed by atoms with Crippen molar-refractivity contribution in [3.63, 3.8) is 0 Å². The van der Waals surface area contributed by atoms with Gasteiger partial charge in [-0.15, -0.1) is 0 Å². The Labute approximate surface area is 94.5 Å². The lowest BCUT2D eigenvalue weighted by molar-refractivity contribution is -0.150. The fraction of sp³-hybridized carbons (Fsp3) is 0.909. The van der Waals surface area contributed by atoms with E-state index in [1.165, 1.54) is 19.3 Å². The SMILES string of the molecule is CC(Br)CCC(=O)OC1CCCCC1. The van der Waals surface area contributed by atoms with E-state index in [0.29, 0.717) is 11.2 Å². The molecule has 0 amide bonds. The molecule has 0 aromatic rings. The Bertz CT molecular complexity index is 174. The highest BCUT2D eigenvalue weighted by Crippen LogP contribution is 2.21. The molecule has 0 saturated heterocycles. The topological polar surface area (TPSA) is 26.3 Å². The summed E-state index contributed by atoms with van der Waals surface area (Å²) in [6.45, 7) is 2.05. The lowest BCUT2D eigenvalue weighted by atomic mass is 9.98. The molecule has 0 bridgehead atoms. The summed E-state index contributed by atoms with van der Waals surface area (Å²) in [5.41, 5.74) is 0. The fourth-order valence-corrected chi connectivity index (χ4v) is 1.97. The molecule has 1 atom stereocenters. The van der Waals surface area contributed by atoms with E-state index in [4.69, 9.17) is 4.74 Å². The van der Waals surface area contributed by atoms with Gasteiger partial charge in [-0.3, -0.25) is 4.79 Å². The van der Waals surface area contributed by atoms with E-state index in [2.05, 4.69) is 15.9 Å². The third-order valence-corrected chi connectivity index (χ3v) is 3.05. The average Bonchev–Trinajstić information content (AvgIpc) is 2.16. The lowest BCUT2D eigenvalue weighted by Gasteiger charge is -2.21. The van der Waals surface area contributed by atoms with Crippen molar-refractivity contribution >= 4 is 21.9 Å². The first kappa shape index (κ1) is 12.0. The van der Waals surface area contributed by atoms with E-state index in [-0.39, 0.29) is 12.1 Å². The number of hydrogen-bond acceptors (Lipinski definition) is 2. The Morgan fingerprint density at radius 2 is 2.07 bits per heavy atom. The molecule has 14 heavy (non-hydrogen) atoms. The second-order valence-corrected chi connectivity index (χ2v) is 5.63. The summed E-state index contributed by atoms with van der Waals surface area (Å²) in [7, 11) is 0. The molecule has 1 saturated carbocycles. The average molecular weight is 263 g/mol. The van der Waals surface area contributed by atoms with Crippen LogP contribution in [-0.4, -0.2) is 16.9 Å². The van der Waals surface area contributed by atoms with Crippen LogP contribution in [0.25, 0.3) is 0 Å². The normalized spacial score (nSPS) is 20.4. The molecule has 1 unspecified atom stereocenters. The molecule has 0 aromatic carbocycles. The third kappa shape index (κ3) is 4.99. The van der Waals surface area contributed by atoms with Crippen LogP contribution in [0, 0.1) is 0 Å². The molecule has 0 aliphatic heterocycles. The molecule has 1 aliphatic rings. The molecular formula is C11H19BrO2. The number of halogens is 1. The molecule has 0 radical (unpaired) electrons. The Morgan fingerprint density at radius 3 is 2.64 bits per heavy atom. The maximum Gasteiger partial charge on any atom is 0.306 e. The summed E-state index contributed by atoms with van der Waals surface area (Å²) in [6, 6.07) is 0. The van der Waals surface area contributed by atoms with Crippen LogP contribution in [-0.2, 0) is 9.53 Å². The van der Waals surface area contributed by atoms with Gasteiger partial charge in [0.15, 0.2) is 0 Å². The molecule has 3 heteroatoms. The number of carbonyl (C=O) groups excluding carboxylic acids is 1. The third-order valence-electron chi connectivity index (χ3n) is 2.60. The Balaban J connectivity index is 2.12. The Morgan fingerprint density at radius 1 is 1.43 bits per heavy atom. The molecule has 1 rings (SSSR count). The molecule has 2 nitrogen and oxygen atoms in total. The standard InChI is InChI=1S/C11H19BrO2/c1-9(12)7-8-11(13)14-10-5-3-2-4-6-10/h9-10H,2-8H2,1H3. The van der Waals surface area contributed by atoms with E-state index in [0.717, 1.165) is 19.3 Å². The van der Waals surface area contributed by atoms with Crippen LogP contribution in [0.1, 0.15) is 51.9 Å². The van der Waals surface area contributed by atoms with Crippen molar-refractivity contribution in [3.05, 3.63) is 0 Å². The second-order valence-electron chi connectivity index (χ2n) is 4.07. The summed E-state index contributed by atoms with van der Waals surface area (Å²) in [4.78, 5) is 11.8. The van der Waals surface area contributed by atoms with Gasteiger partial charge in [-0.25, -0.2) is 0 Å². The highest BCUT2D eigenvalue weighted by atomic mass is 79.9. The quantitative estimate of drug-likeness (QED) is 0.573. The van der Waals surface area contributed by atoms with Crippen molar-refractivity contribution < 1.29 is 9.53 Å². The number of carbonyl (C=O) groups is 1. The van der Waals surface area contributed by atoms with Crippen molar-refractivity contribution in [3.8, 4) is 0 Å². The molecule has 1 fully saturated rings. The highest BCUT2D eigenvalue weighted by molar-refractivity contribution is 9.09. The fourth-order valence-electron chi connectivity index (χ4n) is 1.74. The number of hydrogen-bond donors (Lipinski definition) is 0. The summed E-state index contributed by atoms with van der Waals surface area (Å²) >= 11 is 3.42. The van der Waals surface area contributed by atoms with Crippen molar-refractivity contribution in [2.45, 2.75) is 62.8 Å². The number of alkyl halides is 1. The van der Waals surface area contributed by atoms with Gasteiger partial charge in [0.25, 0.3) is 0 Å². The minimum atomic E-state index is -0.0248. The molecule has 0 heterocycles. The molecular weight excluding hydrogens is 244 g/mol. The van der Waals surface area contributed by atoms with Gasteiger partial charge < -0.3 is 4.74 Å². The summed E-state index contributed by atoms with van der Waals surface area (Å²) in [5.74, 6) is -0.0248. The summed E-state index contributed by atoms with van der Waals surface area (Å²) in [6.07, 6.45) is 7.48. The maximum absolute atomic E-state index is 11.4. The first-order chi connectivity index (χ1) is 6.68. The van der Waals surface area contributed by atoms with Crippen molar-refractivity contribution in [1.82, 2.24) is 0 Å². The van der Waals surface area contributed by atoms with E-state index in [1.807, 2.05) is 6.92 Å². The van der Waals surface area contributed by atoms with E-state index in [1.54, 1.807) is 0 Å². The predicted octanol–water partition coefficient (Wildman–Crippen LogP) is 3.43. The molecule has 1 aliphatic carbocycles.